The Morgan fingerprint density at radius 1 is 0.944 bits per heavy atom. The lowest BCUT2D eigenvalue weighted by molar-refractivity contribution is 0.445. The van der Waals surface area contributed by atoms with Crippen molar-refractivity contribution in [1.29, 1.82) is 0 Å². The average Bonchev–Trinajstić information content (AvgIpc) is 2.43. The Labute approximate surface area is 111 Å². The van der Waals surface area contributed by atoms with Crippen LogP contribution < -0.4 is 0 Å². The highest BCUT2D eigenvalue weighted by Gasteiger charge is 2.09. The van der Waals surface area contributed by atoms with Crippen LogP contribution in [-0.4, -0.2) is 26.5 Å². The Balaban J connectivity index is 0.000000180. The van der Waals surface area contributed by atoms with Gasteiger partial charge in [-0.15, -0.1) is 0 Å². The third kappa shape index (κ3) is 6.33. The Bertz CT molecular complexity index is 349. The summed E-state index contributed by atoms with van der Waals surface area (Å²) in [4.78, 5) is 7.92. The zero-order valence-electron chi connectivity index (χ0n) is 11.5. The molecule has 0 bridgehead atoms. The van der Waals surface area contributed by atoms with Crippen molar-refractivity contribution in [2.75, 3.05) is 14.1 Å². The summed E-state index contributed by atoms with van der Waals surface area (Å²) in [5.74, 6) is 0.809. The fourth-order valence-electron chi connectivity index (χ4n) is 2.18. The van der Waals surface area contributed by atoms with Gasteiger partial charge in [0.25, 0.3) is 0 Å². The van der Waals surface area contributed by atoms with Crippen LogP contribution in [0.2, 0.25) is 0 Å². The van der Waals surface area contributed by atoms with Crippen molar-refractivity contribution in [2.45, 2.75) is 32.1 Å². The molecule has 98 valence electrons. The summed E-state index contributed by atoms with van der Waals surface area (Å²) in [6.07, 6.45) is 11.0. The Kier molecular flexibility index (Phi) is 7.78. The van der Waals surface area contributed by atoms with Crippen LogP contribution in [0, 0.1) is 5.92 Å². The van der Waals surface area contributed by atoms with Crippen LogP contribution >= 0.6 is 0 Å². The van der Waals surface area contributed by atoms with Crippen LogP contribution in [0.3, 0.4) is 0 Å². The van der Waals surface area contributed by atoms with Crippen LogP contribution in [0.1, 0.15) is 37.7 Å². The van der Waals surface area contributed by atoms with Crippen molar-refractivity contribution in [3.05, 3.63) is 35.9 Å². The van der Waals surface area contributed by atoms with Gasteiger partial charge in [0.2, 0.25) is 0 Å². The van der Waals surface area contributed by atoms with Crippen molar-refractivity contribution >= 4 is 12.4 Å². The molecule has 0 unspecified atom stereocenters. The molecular formula is C16H24N2. The molecule has 2 heteroatoms. The predicted octanol–water partition coefficient (Wildman–Crippen LogP) is 4.00. The van der Waals surface area contributed by atoms with E-state index in [4.69, 9.17) is 0 Å². The molecular weight excluding hydrogens is 220 g/mol. The lowest BCUT2D eigenvalue weighted by Gasteiger charge is -2.16. The molecule has 0 aromatic heterocycles. The minimum absolute atomic E-state index is 0.809. The van der Waals surface area contributed by atoms with Crippen molar-refractivity contribution < 1.29 is 0 Å². The Morgan fingerprint density at radius 3 is 2.17 bits per heavy atom. The molecule has 1 fully saturated rings. The minimum atomic E-state index is 0.809. The van der Waals surface area contributed by atoms with E-state index in [1.54, 1.807) is 7.05 Å². The summed E-state index contributed by atoms with van der Waals surface area (Å²) in [5.41, 5.74) is 1.15. The number of nitrogens with zero attached hydrogens (tertiary/aromatic N) is 2. The fraction of sp³-hybridized carbons (Fsp3) is 0.500. The Hall–Kier alpha value is -1.44. The monoisotopic (exact) mass is 244 g/mol. The van der Waals surface area contributed by atoms with Gasteiger partial charge in [-0.3, -0.25) is 4.99 Å². The molecule has 0 spiro atoms. The number of hydrogen-bond acceptors (Lipinski definition) is 2. The first-order valence-corrected chi connectivity index (χ1v) is 6.76. The first-order chi connectivity index (χ1) is 8.86. The van der Waals surface area contributed by atoms with E-state index in [-0.39, 0.29) is 0 Å². The van der Waals surface area contributed by atoms with Gasteiger partial charge in [-0.1, -0.05) is 49.6 Å². The molecule has 0 N–H and O–H groups in total. The zero-order chi connectivity index (χ0) is 13.1. The van der Waals surface area contributed by atoms with Gasteiger partial charge in [-0.05, 0) is 24.3 Å². The predicted molar refractivity (Wildman–Crippen MR) is 81.0 cm³/mol. The fourth-order valence-corrected chi connectivity index (χ4v) is 2.18. The molecule has 1 aliphatic rings. The van der Waals surface area contributed by atoms with E-state index in [0.717, 1.165) is 11.5 Å². The lowest BCUT2D eigenvalue weighted by atomic mass is 9.90. The molecule has 1 aromatic rings. The summed E-state index contributed by atoms with van der Waals surface area (Å²) in [6.45, 7) is 0. The molecule has 1 aromatic carbocycles. The number of aliphatic imine (C=N–C) groups is 2. The summed E-state index contributed by atoms with van der Waals surface area (Å²) < 4.78 is 0. The van der Waals surface area contributed by atoms with E-state index in [1.165, 1.54) is 32.1 Å². The largest absolute Gasteiger partial charge is 0.301 e. The molecule has 0 aliphatic heterocycles. The molecule has 18 heavy (non-hydrogen) atoms. The first-order valence-electron chi connectivity index (χ1n) is 6.76. The van der Waals surface area contributed by atoms with Gasteiger partial charge in [0, 0.05) is 26.5 Å². The highest BCUT2D eigenvalue weighted by Crippen LogP contribution is 2.21. The van der Waals surface area contributed by atoms with Crippen molar-refractivity contribution in [3.8, 4) is 0 Å². The first kappa shape index (κ1) is 14.6. The summed E-state index contributed by atoms with van der Waals surface area (Å²) in [7, 11) is 3.64. The quantitative estimate of drug-likeness (QED) is 0.702. The van der Waals surface area contributed by atoms with Crippen molar-refractivity contribution in [3.63, 3.8) is 0 Å². The van der Waals surface area contributed by atoms with Gasteiger partial charge in [-0.25, -0.2) is 0 Å². The van der Waals surface area contributed by atoms with Gasteiger partial charge in [0.05, 0.1) is 0 Å². The van der Waals surface area contributed by atoms with Gasteiger partial charge < -0.3 is 4.99 Å². The van der Waals surface area contributed by atoms with Crippen LogP contribution in [0.15, 0.2) is 40.3 Å². The summed E-state index contributed by atoms with van der Waals surface area (Å²) >= 11 is 0. The van der Waals surface area contributed by atoms with E-state index >= 15 is 0 Å². The molecule has 1 saturated carbocycles. The van der Waals surface area contributed by atoms with Gasteiger partial charge in [0.15, 0.2) is 0 Å². The molecule has 2 nitrogen and oxygen atoms in total. The standard InChI is InChI=1S/C8H15N.C8H9N/c2*1-9-7-8-5-3-2-4-6-8/h7-8H,2-6H2,1H3;2-7H,1H3. The minimum Gasteiger partial charge on any atom is -0.301 e. The van der Waals surface area contributed by atoms with Crippen LogP contribution in [0.5, 0.6) is 0 Å². The number of benzene rings is 1. The Morgan fingerprint density at radius 2 is 1.61 bits per heavy atom. The maximum atomic E-state index is 4.03. The highest BCUT2D eigenvalue weighted by molar-refractivity contribution is 5.79. The molecule has 2 rings (SSSR count). The molecule has 0 atom stereocenters. The summed E-state index contributed by atoms with van der Waals surface area (Å²) in [6, 6.07) is 10.0. The van der Waals surface area contributed by atoms with Gasteiger partial charge >= 0.3 is 0 Å². The van der Waals surface area contributed by atoms with E-state index in [2.05, 4.69) is 16.2 Å². The molecule has 0 saturated heterocycles. The van der Waals surface area contributed by atoms with E-state index in [0.29, 0.717) is 0 Å². The second kappa shape index (κ2) is 9.58. The van der Waals surface area contributed by atoms with E-state index < -0.39 is 0 Å². The highest BCUT2D eigenvalue weighted by atomic mass is 14.6. The number of hydrogen-bond donors (Lipinski definition) is 0. The topological polar surface area (TPSA) is 24.7 Å². The van der Waals surface area contributed by atoms with Crippen LogP contribution in [-0.2, 0) is 0 Å². The third-order valence-electron chi connectivity index (χ3n) is 3.09. The second-order valence-corrected chi connectivity index (χ2v) is 4.60. The molecule has 0 heterocycles. The molecule has 1 aliphatic carbocycles. The SMILES string of the molecule is CN=CC1CCCCC1.CN=Cc1ccccc1. The third-order valence-corrected chi connectivity index (χ3v) is 3.09. The smallest absolute Gasteiger partial charge is 0.0281 e. The second-order valence-electron chi connectivity index (χ2n) is 4.60. The normalized spacial score (nSPS) is 16.8. The van der Waals surface area contributed by atoms with Crippen LogP contribution in [0.4, 0.5) is 0 Å². The van der Waals surface area contributed by atoms with E-state index in [9.17, 15) is 0 Å². The average molecular weight is 244 g/mol. The molecule has 0 amide bonds. The van der Waals surface area contributed by atoms with Gasteiger partial charge in [-0.2, -0.15) is 0 Å². The lowest BCUT2D eigenvalue weighted by Crippen LogP contribution is -2.06. The van der Waals surface area contributed by atoms with Crippen molar-refractivity contribution in [1.82, 2.24) is 0 Å². The maximum absolute atomic E-state index is 4.03. The molecule has 0 radical (unpaired) electrons. The van der Waals surface area contributed by atoms with Crippen molar-refractivity contribution in [2.24, 2.45) is 15.9 Å². The maximum Gasteiger partial charge on any atom is 0.0281 e. The zero-order valence-corrected chi connectivity index (χ0v) is 11.5. The summed E-state index contributed by atoms with van der Waals surface area (Å²) in [5, 5.41) is 0. The van der Waals surface area contributed by atoms with Crippen LogP contribution in [0.25, 0.3) is 0 Å². The van der Waals surface area contributed by atoms with E-state index in [1.807, 2.05) is 43.6 Å². The number of rotatable bonds is 2. The van der Waals surface area contributed by atoms with Gasteiger partial charge in [0.1, 0.15) is 0 Å².